The molecule has 1 aromatic heterocycles. The smallest absolute Gasteiger partial charge is 0.162 e. The van der Waals surface area contributed by atoms with E-state index in [1.165, 1.54) is 29.5 Å². The van der Waals surface area contributed by atoms with Crippen molar-refractivity contribution in [2.75, 3.05) is 5.43 Å². The van der Waals surface area contributed by atoms with E-state index >= 15 is 0 Å². The first-order chi connectivity index (χ1) is 9.69. The van der Waals surface area contributed by atoms with Crippen LogP contribution in [-0.2, 0) is 12.8 Å². The Labute approximate surface area is 119 Å². The predicted octanol–water partition coefficient (Wildman–Crippen LogP) is 2.92. The van der Waals surface area contributed by atoms with Crippen molar-refractivity contribution in [2.24, 2.45) is 5.84 Å². The molecule has 0 saturated heterocycles. The zero-order valence-electron chi connectivity index (χ0n) is 12.0. The summed E-state index contributed by atoms with van der Waals surface area (Å²) in [6.45, 7) is 4.18. The van der Waals surface area contributed by atoms with Crippen molar-refractivity contribution >= 4 is 5.82 Å². The summed E-state index contributed by atoms with van der Waals surface area (Å²) in [6.07, 6.45) is 4.42. The average Bonchev–Trinajstić information content (AvgIpc) is 2.48. The normalized spacial score (nSPS) is 13.9. The maximum atomic E-state index is 5.65. The minimum atomic E-state index is 0.778. The number of anilines is 1. The van der Waals surface area contributed by atoms with Crippen LogP contribution < -0.4 is 11.3 Å². The van der Waals surface area contributed by atoms with Gasteiger partial charge in [0.25, 0.3) is 0 Å². The molecule has 0 spiro atoms. The predicted molar refractivity (Wildman–Crippen MR) is 81.4 cm³/mol. The highest BCUT2D eigenvalue weighted by Crippen LogP contribution is 2.29. The Kier molecular flexibility index (Phi) is 3.40. The van der Waals surface area contributed by atoms with Crippen molar-refractivity contribution in [3.05, 3.63) is 40.6 Å². The maximum absolute atomic E-state index is 5.65. The first-order valence-electron chi connectivity index (χ1n) is 7.13. The van der Waals surface area contributed by atoms with Crippen LogP contribution in [0.2, 0.25) is 0 Å². The van der Waals surface area contributed by atoms with Gasteiger partial charge in [-0.25, -0.2) is 15.8 Å². The van der Waals surface area contributed by atoms with Gasteiger partial charge in [0.15, 0.2) is 5.82 Å². The number of nitrogens with zero attached hydrogens (tertiary/aromatic N) is 2. The van der Waals surface area contributed by atoms with Gasteiger partial charge in [-0.2, -0.15) is 0 Å². The van der Waals surface area contributed by atoms with Gasteiger partial charge in [-0.15, -0.1) is 0 Å². The molecule has 3 N–H and O–H groups in total. The van der Waals surface area contributed by atoms with Crippen LogP contribution in [0.15, 0.2) is 18.2 Å². The monoisotopic (exact) mass is 268 g/mol. The molecule has 1 aromatic carbocycles. The topological polar surface area (TPSA) is 63.8 Å². The summed E-state index contributed by atoms with van der Waals surface area (Å²) in [5, 5.41) is 0. The zero-order chi connectivity index (χ0) is 14.1. The Balaban J connectivity index is 2.17. The summed E-state index contributed by atoms with van der Waals surface area (Å²) < 4.78 is 0. The van der Waals surface area contributed by atoms with E-state index in [2.05, 4.69) is 42.5 Å². The van der Waals surface area contributed by atoms with Gasteiger partial charge in [0.05, 0.1) is 0 Å². The van der Waals surface area contributed by atoms with Crippen LogP contribution in [0.3, 0.4) is 0 Å². The molecule has 1 aliphatic rings. The van der Waals surface area contributed by atoms with E-state index in [1.54, 1.807) is 0 Å². The first-order valence-corrected chi connectivity index (χ1v) is 7.13. The third kappa shape index (κ3) is 2.27. The SMILES string of the molecule is Cc1ccc(C)c(-c2nc3c(c(NN)n2)CCCC3)c1. The molecule has 0 radical (unpaired) electrons. The molecule has 2 aromatic rings. The number of hydrazine groups is 1. The highest BCUT2D eigenvalue weighted by molar-refractivity contribution is 5.64. The lowest BCUT2D eigenvalue weighted by molar-refractivity contribution is 0.665. The van der Waals surface area contributed by atoms with E-state index in [1.807, 2.05) is 0 Å². The van der Waals surface area contributed by atoms with Gasteiger partial charge in [-0.1, -0.05) is 17.7 Å². The molecule has 4 nitrogen and oxygen atoms in total. The summed E-state index contributed by atoms with van der Waals surface area (Å²) in [6, 6.07) is 6.36. The Morgan fingerprint density at radius 1 is 1.10 bits per heavy atom. The number of hydrogen-bond acceptors (Lipinski definition) is 4. The number of aromatic nitrogens is 2. The molecule has 20 heavy (non-hydrogen) atoms. The maximum Gasteiger partial charge on any atom is 0.162 e. The van der Waals surface area contributed by atoms with Gasteiger partial charge < -0.3 is 5.43 Å². The molecule has 0 atom stereocenters. The van der Waals surface area contributed by atoms with Crippen LogP contribution in [0.4, 0.5) is 5.82 Å². The largest absolute Gasteiger partial charge is 0.308 e. The van der Waals surface area contributed by atoms with Crippen molar-refractivity contribution in [3.63, 3.8) is 0 Å². The van der Waals surface area contributed by atoms with Crippen LogP contribution in [0, 0.1) is 13.8 Å². The Morgan fingerprint density at radius 2 is 1.90 bits per heavy atom. The zero-order valence-corrected chi connectivity index (χ0v) is 12.0. The van der Waals surface area contributed by atoms with E-state index in [0.717, 1.165) is 35.7 Å². The van der Waals surface area contributed by atoms with Crippen molar-refractivity contribution in [2.45, 2.75) is 39.5 Å². The number of fused-ring (bicyclic) bond motifs is 1. The summed E-state index contributed by atoms with van der Waals surface area (Å²) in [4.78, 5) is 9.42. The second-order valence-electron chi connectivity index (χ2n) is 5.49. The molecule has 104 valence electrons. The minimum Gasteiger partial charge on any atom is -0.308 e. The lowest BCUT2D eigenvalue weighted by atomic mass is 9.96. The summed E-state index contributed by atoms with van der Waals surface area (Å²) >= 11 is 0. The van der Waals surface area contributed by atoms with Crippen LogP contribution in [-0.4, -0.2) is 9.97 Å². The van der Waals surface area contributed by atoms with E-state index in [9.17, 15) is 0 Å². The van der Waals surface area contributed by atoms with Gasteiger partial charge in [-0.05, 0) is 51.2 Å². The van der Waals surface area contributed by atoms with Gasteiger partial charge in [-0.3, -0.25) is 0 Å². The molecule has 0 unspecified atom stereocenters. The molecular weight excluding hydrogens is 248 g/mol. The van der Waals surface area contributed by atoms with E-state index in [-0.39, 0.29) is 0 Å². The molecule has 0 fully saturated rings. The quantitative estimate of drug-likeness (QED) is 0.649. The molecule has 4 heteroatoms. The number of nitrogen functional groups attached to an aromatic ring is 1. The molecule has 0 aliphatic heterocycles. The van der Waals surface area contributed by atoms with Crippen LogP contribution in [0.5, 0.6) is 0 Å². The number of benzene rings is 1. The van der Waals surface area contributed by atoms with E-state index in [0.29, 0.717) is 0 Å². The minimum absolute atomic E-state index is 0.778. The average molecular weight is 268 g/mol. The number of hydrogen-bond donors (Lipinski definition) is 2. The molecule has 0 saturated carbocycles. The van der Waals surface area contributed by atoms with Crippen LogP contribution in [0.25, 0.3) is 11.4 Å². The third-order valence-corrected chi connectivity index (χ3v) is 3.95. The fourth-order valence-electron chi connectivity index (χ4n) is 2.81. The molecule has 1 heterocycles. The number of aryl methyl sites for hydroxylation is 3. The Hall–Kier alpha value is -1.94. The molecular formula is C16H20N4. The van der Waals surface area contributed by atoms with Crippen molar-refractivity contribution in [1.29, 1.82) is 0 Å². The lowest BCUT2D eigenvalue weighted by Crippen LogP contribution is -2.17. The Bertz CT molecular complexity index is 632. The summed E-state index contributed by atoms with van der Waals surface area (Å²) in [5.41, 5.74) is 8.58. The van der Waals surface area contributed by atoms with Crippen molar-refractivity contribution < 1.29 is 0 Å². The molecule has 0 bridgehead atoms. The van der Waals surface area contributed by atoms with Gasteiger partial charge in [0, 0.05) is 16.8 Å². The van der Waals surface area contributed by atoms with E-state index in [4.69, 9.17) is 10.8 Å². The van der Waals surface area contributed by atoms with Crippen LogP contribution in [0.1, 0.15) is 35.2 Å². The first kappa shape index (κ1) is 13.1. The number of nitrogens with two attached hydrogens (primary N) is 1. The van der Waals surface area contributed by atoms with Crippen molar-refractivity contribution in [1.82, 2.24) is 9.97 Å². The second-order valence-corrected chi connectivity index (χ2v) is 5.49. The molecule has 1 aliphatic carbocycles. The standard InChI is InChI=1S/C16H20N4/c1-10-7-8-11(2)13(9-10)15-18-14-6-4-3-5-12(14)16(19-15)20-17/h7-9H,3-6,17H2,1-2H3,(H,18,19,20). The fraction of sp³-hybridized carbons (Fsp3) is 0.375. The highest BCUT2D eigenvalue weighted by Gasteiger charge is 2.18. The number of rotatable bonds is 2. The molecule has 3 rings (SSSR count). The van der Waals surface area contributed by atoms with Gasteiger partial charge in [0.1, 0.15) is 5.82 Å². The lowest BCUT2D eigenvalue weighted by Gasteiger charge is -2.19. The number of nitrogens with one attached hydrogen (secondary N) is 1. The van der Waals surface area contributed by atoms with Gasteiger partial charge >= 0.3 is 0 Å². The highest BCUT2D eigenvalue weighted by atomic mass is 15.3. The summed E-state index contributed by atoms with van der Waals surface area (Å²) in [5.74, 6) is 7.21. The fourth-order valence-corrected chi connectivity index (χ4v) is 2.81. The second kappa shape index (κ2) is 5.21. The molecule has 0 amide bonds. The van der Waals surface area contributed by atoms with Crippen LogP contribution >= 0.6 is 0 Å². The third-order valence-electron chi connectivity index (χ3n) is 3.95. The Morgan fingerprint density at radius 3 is 2.70 bits per heavy atom. The van der Waals surface area contributed by atoms with Gasteiger partial charge in [0.2, 0.25) is 0 Å². The van der Waals surface area contributed by atoms with E-state index < -0.39 is 0 Å². The summed E-state index contributed by atoms with van der Waals surface area (Å²) in [7, 11) is 0. The van der Waals surface area contributed by atoms with Crippen molar-refractivity contribution in [3.8, 4) is 11.4 Å².